The zero-order valence-electron chi connectivity index (χ0n) is 21.2. The van der Waals surface area contributed by atoms with E-state index in [1.165, 1.54) is 0 Å². The molecule has 0 heterocycles. The average molecular weight is 457 g/mol. The Morgan fingerprint density at radius 3 is 1.68 bits per heavy atom. The predicted molar refractivity (Wildman–Crippen MR) is 137 cm³/mol. The van der Waals surface area contributed by atoms with Crippen LogP contribution in [-0.2, 0) is 21.2 Å². The SMILES string of the molecule is COc1c(C=NC(C(=O)[O-])(c2ccccc2)c2ccccc2)cc(C(C)(C)C)cc1C(C)(C)C. The number of carbonyl (C=O) groups is 1. The summed E-state index contributed by atoms with van der Waals surface area (Å²) in [4.78, 5) is 17.5. The maximum absolute atomic E-state index is 12.8. The molecule has 0 unspecified atom stereocenters. The summed E-state index contributed by atoms with van der Waals surface area (Å²) in [6.45, 7) is 12.9. The van der Waals surface area contributed by atoms with E-state index in [9.17, 15) is 9.90 Å². The lowest BCUT2D eigenvalue weighted by molar-refractivity contribution is -0.311. The number of nitrogens with zero attached hydrogens (tertiary/aromatic N) is 1. The maximum Gasteiger partial charge on any atom is 0.150 e. The van der Waals surface area contributed by atoms with Gasteiger partial charge in [0.25, 0.3) is 0 Å². The van der Waals surface area contributed by atoms with E-state index in [4.69, 9.17) is 9.73 Å². The maximum atomic E-state index is 12.8. The van der Waals surface area contributed by atoms with Gasteiger partial charge in [0.1, 0.15) is 11.3 Å². The Labute approximate surface area is 203 Å². The first-order valence-corrected chi connectivity index (χ1v) is 11.5. The third-order valence-electron chi connectivity index (χ3n) is 6.07. The van der Waals surface area contributed by atoms with Crippen molar-refractivity contribution in [3.63, 3.8) is 0 Å². The van der Waals surface area contributed by atoms with Crippen molar-refractivity contribution < 1.29 is 14.6 Å². The van der Waals surface area contributed by atoms with Crippen LogP contribution in [0.15, 0.2) is 77.8 Å². The Hall–Kier alpha value is -3.40. The smallest absolute Gasteiger partial charge is 0.150 e. The number of hydrogen-bond acceptors (Lipinski definition) is 4. The molecule has 0 saturated heterocycles. The molecule has 4 heteroatoms. The van der Waals surface area contributed by atoms with Crippen LogP contribution in [0.25, 0.3) is 0 Å². The lowest BCUT2D eigenvalue weighted by Crippen LogP contribution is -2.45. The van der Waals surface area contributed by atoms with Crippen LogP contribution in [0, 0.1) is 0 Å². The Bertz CT molecular complexity index is 1130. The standard InChI is InChI=1S/C30H35NO3/c1-28(2,3)24-18-21(26(34-7)25(19-24)29(4,5)6)20-31-30(27(32)33,22-14-10-8-11-15-22)23-16-12-9-13-17-23/h8-20H,1-7H3,(H,32,33)/p-1. The lowest BCUT2D eigenvalue weighted by Gasteiger charge is -2.32. The summed E-state index contributed by atoms with van der Waals surface area (Å²) in [6.07, 6.45) is 1.62. The van der Waals surface area contributed by atoms with Gasteiger partial charge in [0.2, 0.25) is 0 Å². The van der Waals surface area contributed by atoms with E-state index in [-0.39, 0.29) is 10.8 Å². The fourth-order valence-corrected chi connectivity index (χ4v) is 4.09. The zero-order chi connectivity index (χ0) is 25.1. The van der Waals surface area contributed by atoms with Gasteiger partial charge in [0.15, 0.2) is 0 Å². The van der Waals surface area contributed by atoms with Crippen molar-refractivity contribution in [2.45, 2.75) is 57.9 Å². The van der Waals surface area contributed by atoms with E-state index < -0.39 is 11.5 Å². The molecule has 0 aliphatic heterocycles. The molecule has 0 N–H and O–H groups in total. The number of methoxy groups -OCH3 is 1. The Morgan fingerprint density at radius 2 is 1.29 bits per heavy atom. The molecule has 3 rings (SSSR count). The third kappa shape index (κ3) is 4.91. The van der Waals surface area contributed by atoms with E-state index in [2.05, 4.69) is 47.6 Å². The van der Waals surface area contributed by atoms with E-state index in [0.29, 0.717) is 16.9 Å². The Kier molecular flexibility index (Phi) is 7.02. The van der Waals surface area contributed by atoms with Crippen LogP contribution in [0.5, 0.6) is 5.75 Å². The van der Waals surface area contributed by atoms with Crippen LogP contribution in [0.3, 0.4) is 0 Å². The number of carbonyl (C=O) groups excluding carboxylic acids is 1. The minimum Gasteiger partial charge on any atom is -0.547 e. The predicted octanol–water partition coefficient (Wildman–Crippen LogP) is 5.40. The van der Waals surface area contributed by atoms with Crippen molar-refractivity contribution in [2.75, 3.05) is 7.11 Å². The highest BCUT2D eigenvalue weighted by molar-refractivity contribution is 5.91. The van der Waals surface area contributed by atoms with Gasteiger partial charge in [-0.1, -0.05) is 108 Å². The van der Waals surface area contributed by atoms with Gasteiger partial charge >= 0.3 is 0 Å². The van der Waals surface area contributed by atoms with Gasteiger partial charge in [-0.25, -0.2) is 0 Å². The molecule has 3 aromatic carbocycles. The van der Waals surface area contributed by atoms with Crippen LogP contribution in [0.1, 0.15) is 69.4 Å². The number of aliphatic carboxylic acids is 1. The molecule has 0 atom stereocenters. The highest BCUT2D eigenvalue weighted by atomic mass is 16.5. The van der Waals surface area contributed by atoms with Crippen molar-refractivity contribution in [3.8, 4) is 5.75 Å². The molecule has 178 valence electrons. The monoisotopic (exact) mass is 456 g/mol. The highest BCUT2D eigenvalue weighted by Gasteiger charge is 2.35. The molecule has 4 nitrogen and oxygen atoms in total. The second-order valence-electron chi connectivity index (χ2n) is 10.6. The van der Waals surface area contributed by atoms with E-state index in [1.54, 1.807) is 37.6 Å². The number of ether oxygens (including phenoxy) is 1. The summed E-state index contributed by atoms with van der Waals surface area (Å²) in [7, 11) is 1.64. The fourth-order valence-electron chi connectivity index (χ4n) is 4.09. The molecular formula is C30H34NO3-. The lowest BCUT2D eigenvalue weighted by atomic mass is 9.79. The minimum absolute atomic E-state index is 0.112. The first-order valence-electron chi connectivity index (χ1n) is 11.5. The highest BCUT2D eigenvalue weighted by Crippen LogP contribution is 2.39. The molecular weight excluding hydrogens is 422 g/mol. The van der Waals surface area contributed by atoms with Crippen LogP contribution >= 0.6 is 0 Å². The first-order chi connectivity index (χ1) is 15.9. The van der Waals surface area contributed by atoms with Gasteiger partial charge in [0.05, 0.1) is 13.1 Å². The molecule has 0 aliphatic carbocycles. The third-order valence-corrected chi connectivity index (χ3v) is 6.07. The summed E-state index contributed by atoms with van der Waals surface area (Å²) in [5.41, 5.74) is 1.96. The van der Waals surface area contributed by atoms with Crippen LogP contribution < -0.4 is 9.84 Å². The first kappa shape index (κ1) is 25.2. The van der Waals surface area contributed by atoms with Crippen molar-refractivity contribution in [3.05, 3.63) is 101 Å². The molecule has 0 fully saturated rings. The van der Waals surface area contributed by atoms with Crippen molar-refractivity contribution in [2.24, 2.45) is 4.99 Å². The van der Waals surface area contributed by atoms with Crippen molar-refractivity contribution >= 4 is 12.2 Å². The van der Waals surface area contributed by atoms with E-state index in [0.717, 1.165) is 16.7 Å². The topological polar surface area (TPSA) is 61.7 Å². The summed E-state index contributed by atoms with van der Waals surface area (Å²) in [5.74, 6) is -0.597. The number of benzene rings is 3. The van der Waals surface area contributed by atoms with Gasteiger partial charge in [-0.2, -0.15) is 0 Å². The zero-order valence-corrected chi connectivity index (χ0v) is 21.2. The average Bonchev–Trinajstić information content (AvgIpc) is 2.79. The Balaban J connectivity index is 2.33. The van der Waals surface area contributed by atoms with Gasteiger partial charge in [-0.3, -0.25) is 4.99 Å². The molecule has 0 saturated carbocycles. The second kappa shape index (κ2) is 9.46. The largest absolute Gasteiger partial charge is 0.547 e. The van der Waals surface area contributed by atoms with E-state index >= 15 is 0 Å². The number of carboxylic acid groups (broad SMARTS) is 1. The van der Waals surface area contributed by atoms with Crippen molar-refractivity contribution in [1.82, 2.24) is 0 Å². The Morgan fingerprint density at radius 1 is 0.794 bits per heavy atom. The number of hydrogen-bond donors (Lipinski definition) is 0. The van der Waals surface area contributed by atoms with Gasteiger partial charge in [-0.05, 0) is 33.6 Å². The van der Waals surface area contributed by atoms with Crippen LogP contribution in [0.2, 0.25) is 0 Å². The summed E-state index contributed by atoms with van der Waals surface area (Å²) in [6, 6.07) is 22.2. The second-order valence-corrected chi connectivity index (χ2v) is 10.6. The van der Waals surface area contributed by atoms with Crippen molar-refractivity contribution in [1.29, 1.82) is 0 Å². The van der Waals surface area contributed by atoms with Gasteiger partial charge in [-0.15, -0.1) is 0 Å². The summed E-state index contributed by atoms with van der Waals surface area (Å²) >= 11 is 0. The van der Waals surface area contributed by atoms with Crippen LogP contribution in [-0.4, -0.2) is 19.3 Å². The molecule has 0 radical (unpaired) electrons. The minimum atomic E-state index is -1.70. The molecule has 0 aromatic heterocycles. The van der Waals surface area contributed by atoms with E-state index in [1.807, 2.05) is 42.5 Å². The van der Waals surface area contributed by atoms with Gasteiger partial charge < -0.3 is 14.6 Å². The quantitative estimate of drug-likeness (QED) is 0.467. The molecule has 0 amide bonds. The molecule has 34 heavy (non-hydrogen) atoms. The molecule has 0 bridgehead atoms. The molecule has 0 spiro atoms. The fraction of sp³-hybridized carbons (Fsp3) is 0.333. The normalized spacial score (nSPS) is 12.7. The van der Waals surface area contributed by atoms with Gasteiger partial charge in [0, 0.05) is 17.3 Å². The number of aliphatic imine (C=N–C) groups is 1. The number of rotatable bonds is 6. The molecule has 0 aliphatic rings. The molecule has 3 aromatic rings. The number of carboxylic acids is 1. The summed E-state index contributed by atoms with van der Waals surface area (Å²) in [5, 5.41) is 12.8. The van der Waals surface area contributed by atoms with Crippen LogP contribution in [0.4, 0.5) is 0 Å². The summed E-state index contributed by atoms with van der Waals surface area (Å²) < 4.78 is 5.85.